The molecule has 0 aromatic heterocycles. The molecule has 2 heterocycles. The summed E-state index contributed by atoms with van der Waals surface area (Å²) in [7, 11) is -4.21. The van der Waals surface area contributed by atoms with Crippen molar-refractivity contribution in [1.29, 1.82) is 0 Å². The molecule has 11 nitrogen and oxygen atoms in total. The SMILES string of the molecule is O=C(O)CN1C(=O)[C@H](N2C(=O)C=CC2=O)CC1COCCS(=O)(=O)O. The van der Waals surface area contributed by atoms with Crippen LogP contribution in [-0.4, -0.2) is 89.2 Å². The van der Waals surface area contributed by atoms with E-state index in [9.17, 15) is 27.6 Å². The summed E-state index contributed by atoms with van der Waals surface area (Å²) in [5.41, 5.74) is 0. The number of likely N-dealkylation sites (tertiary alicyclic amines) is 1. The number of carboxylic acid groups (broad SMARTS) is 1. The maximum Gasteiger partial charge on any atom is 0.323 e. The number of carbonyl (C=O) groups excluding carboxylic acids is 3. The zero-order chi connectivity index (χ0) is 18.8. The molecule has 0 aromatic carbocycles. The normalized spacial score (nSPS) is 23.8. The third kappa shape index (κ3) is 4.61. The summed E-state index contributed by atoms with van der Waals surface area (Å²) in [6.45, 7) is -1.20. The van der Waals surface area contributed by atoms with Crippen molar-refractivity contribution in [2.24, 2.45) is 0 Å². The van der Waals surface area contributed by atoms with Crippen molar-refractivity contribution in [3.8, 4) is 0 Å². The standard InChI is InChI=1S/C13H16N2O9S/c16-10-1-2-11(17)15(10)9-5-8(7-24-3-4-25(21,22)23)14(13(9)20)6-12(18)19/h1-2,8-9H,3-7H2,(H,18,19)(H,21,22,23)/t8?,9-/m1/s1. The summed E-state index contributed by atoms with van der Waals surface area (Å²) in [6.07, 6.45) is 2.01. The molecule has 2 N–H and O–H groups in total. The molecule has 0 saturated carbocycles. The van der Waals surface area contributed by atoms with Crippen molar-refractivity contribution in [3.63, 3.8) is 0 Å². The molecule has 0 aromatic rings. The van der Waals surface area contributed by atoms with E-state index < -0.39 is 58.2 Å². The third-order valence-corrected chi connectivity index (χ3v) is 4.44. The lowest BCUT2D eigenvalue weighted by molar-refractivity contribution is -0.149. The van der Waals surface area contributed by atoms with Crippen molar-refractivity contribution in [3.05, 3.63) is 12.2 Å². The summed E-state index contributed by atoms with van der Waals surface area (Å²) < 4.78 is 35.0. The van der Waals surface area contributed by atoms with E-state index in [-0.39, 0.29) is 19.6 Å². The van der Waals surface area contributed by atoms with E-state index in [2.05, 4.69) is 0 Å². The minimum atomic E-state index is -4.21. The molecule has 2 atom stereocenters. The van der Waals surface area contributed by atoms with Gasteiger partial charge in [-0.3, -0.25) is 28.6 Å². The Morgan fingerprint density at radius 2 is 1.84 bits per heavy atom. The number of carboxylic acids is 1. The predicted molar refractivity (Wildman–Crippen MR) is 79.8 cm³/mol. The number of nitrogens with zero attached hydrogens (tertiary/aromatic N) is 2. The Morgan fingerprint density at radius 1 is 1.24 bits per heavy atom. The Balaban J connectivity index is 2.06. The monoisotopic (exact) mass is 376 g/mol. The van der Waals surface area contributed by atoms with E-state index in [0.717, 1.165) is 22.0 Å². The number of hydrogen-bond donors (Lipinski definition) is 2. The van der Waals surface area contributed by atoms with Gasteiger partial charge in [-0.2, -0.15) is 8.42 Å². The number of rotatable bonds is 8. The Labute approximate surface area is 142 Å². The van der Waals surface area contributed by atoms with Gasteiger partial charge in [-0.25, -0.2) is 0 Å². The molecular formula is C13H16N2O9S. The number of carbonyl (C=O) groups is 4. The molecule has 3 amide bonds. The molecule has 2 aliphatic rings. The van der Waals surface area contributed by atoms with Gasteiger partial charge in [-0.1, -0.05) is 0 Å². The molecule has 12 heteroatoms. The van der Waals surface area contributed by atoms with Crippen molar-refractivity contribution < 1.29 is 42.0 Å². The molecule has 2 rings (SSSR count). The highest BCUT2D eigenvalue weighted by Crippen LogP contribution is 2.26. The van der Waals surface area contributed by atoms with Gasteiger partial charge >= 0.3 is 5.97 Å². The summed E-state index contributed by atoms with van der Waals surface area (Å²) >= 11 is 0. The molecule has 0 bridgehead atoms. The van der Waals surface area contributed by atoms with Crippen LogP contribution in [0.1, 0.15) is 6.42 Å². The van der Waals surface area contributed by atoms with Crippen LogP contribution in [0.5, 0.6) is 0 Å². The topological polar surface area (TPSA) is 159 Å². The van der Waals surface area contributed by atoms with Crippen LogP contribution in [-0.2, 0) is 34.0 Å². The zero-order valence-corrected chi connectivity index (χ0v) is 13.7. The maximum atomic E-state index is 12.4. The summed E-state index contributed by atoms with van der Waals surface area (Å²) in [4.78, 5) is 48.6. The van der Waals surface area contributed by atoms with Gasteiger partial charge in [0.15, 0.2) is 0 Å². The van der Waals surface area contributed by atoms with Gasteiger partial charge in [-0.05, 0) is 0 Å². The first-order valence-electron chi connectivity index (χ1n) is 7.20. The fourth-order valence-corrected chi connectivity index (χ4v) is 3.01. The van der Waals surface area contributed by atoms with Crippen LogP contribution in [0.2, 0.25) is 0 Å². The summed E-state index contributed by atoms with van der Waals surface area (Å²) in [5.74, 6) is -3.95. The second kappa shape index (κ2) is 7.29. The lowest BCUT2D eigenvalue weighted by atomic mass is 10.1. The summed E-state index contributed by atoms with van der Waals surface area (Å²) in [6, 6.07) is -1.89. The highest BCUT2D eigenvalue weighted by molar-refractivity contribution is 7.85. The van der Waals surface area contributed by atoms with E-state index in [1.165, 1.54) is 0 Å². The molecule has 1 saturated heterocycles. The number of imide groups is 1. The molecule has 0 aliphatic carbocycles. The first-order chi connectivity index (χ1) is 11.6. The Kier molecular flexibility index (Phi) is 5.55. The molecule has 25 heavy (non-hydrogen) atoms. The fraction of sp³-hybridized carbons (Fsp3) is 0.538. The van der Waals surface area contributed by atoms with Crippen LogP contribution < -0.4 is 0 Å². The van der Waals surface area contributed by atoms with Gasteiger partial charge in [-0.15, -0.1) is 0 Å². The van der Waals surface area contributed by atoms with Gasteiger partial charge in [0.05, 0.1) is 25.0 Å². The number of ether oxygens (including phenoxy) is 1. The maximum absolute atomic E-state index is 12.4. The minimum absolute atomic E-state index is 0.0306. The van der Waals surface area contributed by atoms with E-state index in [1.54, 1.807) is 0 Å². The van der Waals surface area contributed by atoms with E-state index in [0.29, 0.717) is 0 Å². The predicted octanol–water partition coefficient (Wildman–Crippen LogP) is -2.13. The van der Waals surface area contributed by atoms with Crippen LogP contribution in [0.25, 0.3) is 0 Å². The van der Waals surface area contributed by atoms with Crippen LogP contribution in [0.15, 0.2) is 12.2 Å². The molecule has 138 valence electrons. The second-order valence-electron chi connectivity index (χ2n) is 5.51. The van der Waals surface area contributed by atoms with Crippen molar-refractivity contribution in [2.75, 3.05) is 25.5 Å². The lowest BCUT2D eigenvalue weighted by Gasteiger charge is -2.22. The number of aliphatic carboxylic acids is 1. The highest BCUT2D eigenvalue weighted by atomic mass is 32.2. The minimum Gasteiger partial charge on any atom is -0.480 e. The average molecular weight is 376 g/mol. The molecule has 2 aliphatic heterocycles. The third-order valence-electron chi connectivity index (χ3n) is 3.76. The van der Waals surface area contributed by atoms with Crippen LogP contribution in [0.3, 0.4) is 0 Å². The lowest BCUT2D eigenvalue weighted by Crippen LogP contribution is -2.46. The van der Waals surface area contributed by atoms with Gasteiger partial charge in [0.2, 0.25) is 5.91 Å². The van der Waals surface area contributed by atoms with E-state index in [1.807, 2.05) is 0 Å². The molecule has 1 fully saturated rings. The van der Waals surface area contributed by atoms with E-state index >= 15 is 0 Å². The average Bonchev–Trinajstić information content (AvgIpc) is 2.96. The summed E-state index contributed by atoms with van der Waals surface area (Å²) in [5, 5.41) is 8.94. The molecular weight excluding hydrogens is 360 g/mol. The van der Waals surface area contributed by atoms with Gasteiger partial charge in [0.1, 0.15) is 12.6 Å². The highest BCUT2D eigenvalue weighted by Gasteiger charge is 2.47. The van der Waals surface area contributed by atoms with E-state index in [4.69, 9.17) is 14.4 Å². The van der Waals surface area contributed by atoms with Crippen LogP contribution in [0, 0.1) is 0 Å². The zero-order valence-electron chi connectivity index (χ0n) is 12.9. The number of amides is 3. The van der Waals surface area contributed by atoms with Gasteiger partial charge in [0.25, 0.3) is 21.9 Å². The molecule has 0 spiro atoms. The first-order valence-corrected chi connectivity index (χ1v) is 8.81. The quantitative estimate of drug-likeness (QED) is 0.274. The Morgan fingerprint density at radius 3 is 2.36 bits per heavy atom. The fourth-order valence-electron chi connectivity index (χ4n) is 2.69. The molecule has 1 unspecified atom stereocenters. The largest absolute Gasteiger partial charge is 0.480 e. The van der Waals surface area contributed by atoms with Crippen LogP contribution in [0.4, 0.5) is 0 Å². The number of hydrogen-bond acceptors (Lipinski definition) is 7. The van der Waals surface area contributed by atoms with Gasteiger partial charge in [0, 0.05) is 18.6 Å². The van der Waals surface area contributed by atoms with Crippen LogP contribution >= 0.6 is 0 Å². The first kappa shape index (κ1) is 19.0. The Bertz CT molecular complexity index is 712. The smallest absolute Gasteiger partial charge is 0.323 e. The molecule has 0 radical (unpaired) electrons. The van der Waals surface area contributed by atoms with Crippen molar-refractivity contribution in [2.45, 2.75) is 18.5 Å². The Hall–Kier alpha value is -2.31. The van der Waals surface area contributed by atoms with Crippen molar-refractivity contribution >= 4 is 33.8 Å². The van der Waals surface area contributed by atoms with Gasteiger partial charge < -0.3 is 14.7 Å². The second-order valence-corrected chi connectivity index (χ2v) is 7.08. The van der Waals surface area contributed by atoms with Crippen molar-refractivity contribution in [1.82, 2.24) is 9.80 Å².